The Morgan fingerprint density at radius 1 is 1.07 bits per heavy atom. The van der Waals surface area contributed by atoms with Crippen molar-refractivity contribution in [3.05, 3.63) is 84.1 Å². The maximum Gasteiger partial charge on any atom is 0.251 e. The van der Waals surface area contributed by atoms with Crippen LogP contribution in [-0.4, -0.2) is 23.6 Å². The van der Waals surface area contributed by atoms with Crippen molar-refractivity contribution in [3.63, 3.8) is 0 Å². The van der Waals surface area contributed by atoms with Crippen LogP contribution in [0.4, 0.5) is 0 Å². The monoisotopic (exact) mass is 376 g/mol. The maximum atomic E-state index is 13.0. The number of benzene rings is 2. The fourth-order valence-corrected chi connectivity index (χ4v) is 3.32. The Bertz CT molecular complexity index is 862. The summed E-state index contributed by atoms with van der Waals surface area (Å²) in [5, 5.41) is 5.57. The molecule has 1 unspecified atom stereocenters. The van der Waals surface area contributed by atoms with Gasteiger partial charge in [0.15, 0.2) is 5.78 Å². The van der Waals surface area contributed by atoms with Crippen LogP contribution in [0.1, 0.15) is 35.2 Å². The van der Waals surface area contributed by atoms with Crippen molar-refractivity contribution < 1.29 is 14.4 Å². The molecule has 28 heavy (non-hydrogen) atoms. The minimum atomic E-state index is -0.687. The van der Waals surface area contributed by atoms with Crippen LogP contribution in [0.2, 0.25) is 0 Å². The van der Waals surface area contributed by atoms with Crippen LogP contribution >= 0.6 is 0 Å². The van der Waals surface area contributed by atoms with Gasteiger partial charge in [0.2, 0.25) is 5.91 Å². The zero-order chi connectivity index (χ0) is 19.9. The molecule has 0 bridgehead atoms. The van der Waals surface area contributed by atoms with Crippen LogP contribution in [-0.2, 0) is 16.0 Å². The first-order chi connectivity index (χ1) is 13.5. The van der Waals surface area contributed by atoms with Gasteiger partial charge in [-0.3, -0.25) is 14.4 Å². The highest BCUT2D eigenvalue weighted by atomic mass is 16.2. The number of amides is 2. The molecule has 2 atom stereocenters. The van der Waals surface area contributed by atoms with Gasteiger partial charge < -0.3 is 10.6 Å². The van der Waals surface area contributed by atoms with Crippen molar-refractivity contribution in [1.82, 2.24) is 10.6 Å². The third kappa shape index (κ3) is 5.16. The second-order valence-electron chi connectivity index (χ2n) is 7.08. The number of piperidine rings is 1. The van der Waals surface area contributed by atoms with E-state index in [0.717, 1.165) is 5.56 Å². The molecular formula is C23H24N2O3. The third-order valence-electron chi connectivity index (χ3n) is 4.93. The molecule has 0 aromatic heterocycles. The molecule has 1 aliphatic rings. The lowest BCUT2D eigenvalue weighted by molar-refractivity contribution is -0.130. The number of carbonyl (C=O) groups excluding carboxylic acids is 3. The number of allylic oxidation sites excluding steroid dienone is 1. The predicted molar refractivity (Wildman–Crippen MR) is 107 cm³/mol. The number of hydrogen-bond acceptors (Lipinski definition) is 3. The number of rotatable bonds is 7. The van der Waals surface area contributed by atoms with Gasteiger partial charge in [-0.2, -0.15) is 0 Å². The van der Waals surface area contributed by atoms with E-state index in [1.54, 1.807) is 24.3 Å². The van der Waals surface area contributed by atoms with Gasteiger partial charge in [0.1, 0.15) is 0 Å². The van der Waals surface area contributed by atoms with Gasteiger partial charge >= 0.3 is 0 Å². The van der Waals surface area contributed by atoms with Gasteiger partial charge in [-0.25, -0.2) is 0 Å². The van der Waals surface area contributed by atoms with Crippen molar-refractivity contribution >= 4 is 17.6 Å². The summed E-state index contributed by atoms with van der Waals surface area (Å²) in [7, 11) is 0. The largest absolute Gasteiger partial charge is 0.342 e. The Hall–Kier alpha value is -3.21. The molecular weight excluding hydrogens is 352 g/mol. The maximum absolute atomic E-state index is 13.0. The van der Waals surface area contributed by atoms with Crippen molar-refractivity contribution in [3.8, 4) is 0 Å². The third-order valence-corrected chi connectivity index (χ3v) is 4.93. The van der Waals surface area contributed by atoms with E-state index in [9.17, 15) is 14.4 Å². The number of carbonyl (C=O) groups is 3. The molecule has 0 radical (unpaired) electrons. The van der Waals surface area contributed by atoms with Crippen LogP contribution in [0, 0.1) is 5.92 Å². The van der Waals surface area contributed by atoms with Crippen molar-refractivity contribution in [2.75, 3.05) is 0 Å². The molecule has 2 N–H and O–H groups in total. The number of ketones is 1. The van der Waals surface area contributed by atoms with E-state index < -0.39 is 6.04 Å². The van der Waals surface area contributed by atoms with Crippen LogP contribution in [0.5, 0.6) is 0 Å². The first kappa shape index (κ1) is 19.5. The van der Waals surface area contributed by atoms with E-state index in [4.69, 9.17) is 0 Å². The van der Waals surface area contributed by atoms with E-state index in [0.29, 0.717) is 30.5 Å². The number of nitrogens with one attached hydrogen (secondary N) is 2. The average molecular weight is 376 g/mol. The van der Waals surface area contributed by atoms with E-state index in [-0.39, 0.29) is 29.9 Å². The number of hydrogen-bond donors (Lipinski definition) is 2. The normalized spacial score (nSPS) is 17.5. The molecule has 2 aromatic carbocycles. The van der Waals surface area contributed by atoms with Crippen LogP contribution in [0.15, 0.2) is 72.9 Å². The summed E-state index contributed by atoms with van der Waals surface area (Å²) in [4.78, 5) is 37.7. The molecule has 3 rings (SSSR count). The first-order valence-electron chi connectivity index (χ1n) is 9.44. The van der Waals surface area contributed by atoms with E-state index >= 15 is 0 Å². The van der Waals surface area contributed by atoms with E-state index in [1.807, 2.05) is 36.4 Å². The van der Waals surface area contributed by atoms with Gasteiger partial charge in [-0.05, 0) is 37.0 Å². The average Bonchev–Trinajstić information content (AvgIpc) is 2.71. The lowest BCUT2D eigenvalue weighted by atomic mass is 9.88. The zero-order valence-electron chi connectivity index (χ0n) is 15.7. The smallest absolute Gasteiger partial charge is 0.251 e. The molecule has 1 aliphatic heterocycles. The van der Waals surface area contributed by atoms with Crippen molar-refractivity contribution in [2.24, 2.45) is 5.92 Å². The molecule has 2 aromatic rings. The van der Waals surface area contributed by atoms with E-state index in [2.05, 4.69) is 17.2 Å². The summed E-state index contributed by atoms with van der Waals surface area (Å²) in [6.07, 6.45) is 1.76. The first-order valence-corrected chi connectivity index (χ1v) is 9.44. The predicted octanol–water partition coefficient (Wildman–Crippen LogP) is 3.03. The van der Waals surface area contributed by atoms with Gasteiger partial charge in [-0.15, -0.1) is 0 Å². The molecule has 0 saturated carbocycles. The summed E-state index contributed by atoms with van der Waals surface area (Å²) in [6, 6.07) is 17.7. The minimum Gasteiger partial charge on any atom is -0.342 e. The second kappa shape index (κ2) is 9.13. The molecule has 0 aliphatic carbocycles. The fraction of sp³-hybridized carbons (Fsp3) is 0.261. The molecule has 1 saturated heterocycles. The topological polar surface area (TPSA) is 75.3 Å². The van der Waals surface area contributed by atoms with Gasteiger partial charge in [-0.1, -0.05) is 55.1 Å². The quantitative estimate of drug-likeness (QED) is 0.780. The highest BCUT2D eigenvalue weighted by Gasteiger charge is 2.30. The van der Waals surface area contributed by atoms with Crippen molar-refractivity contribution in [1.29, 1.82) is 0 Å². The standard InChI is InChI=1S/C23H24N2O3/c1-16-12-13-19(23(28)24-16)15-21(26)20(14-17-8-4-2-5-9-17)25-22(27)18-10-6-3-7-11-18/h2-11,19-20H,1,12-15H2,(H,24,28)(H,25,27)/t19?,20-/m1/s1. The van der Waals surface area contributed by atoms with E-state index in [1.165, 1.54) is 0 Å². The highest BCUT2D eigenvalue weighted by Crippen LogP contribution is 2.21. The minimum absolute atomic E-state index is 0.103. The Morgan fingerprint density at radius 3 is 2.36 bits per heavy atom. The molecule has 1 fully saturated rings. The lowest BCUT2D eigenvalue weighted by Crippen LogP contribution is -2.45. The van der Waals surface area contributed by atoms with Crippen molar-refractivity contribution in [2.45, 2.75) is 31.7 Å². The molecule has 5 nitrogen and oxygen atoms in total. The lowest BCUT2D eigenvalue weighted by Gasteiger charge is -2.25. The summed E-state index contributed by atoms with van der Waals surface area (Å²) >= 11 is 0. The Labute approximate surface area is 164 Å². The second-order valence-corrected chi connectivity index (χ2v) is 7.08. The van der Waals surface area contributed by atoms with Gasteiger partial charge in [0, 0.05) is 23.6 Å². The fourth-order valence-electron chi connectivity index (χ4n) is 3.32. The van der Waals surface area contributed by atoms with Gasteiger partial charge in [0.05, 0.1) is 6.04 Å². The summed E-state index contributed by atoms with van der Waals surface area (Å²) in [5.41, 5.74) is 2.14. The SMILES string of the molecule is C=C1CCC(CC(=O)[C@@H](Cc2ccccc2)NC(=O)c2ccccc2)C(=O)N1. The molecule has 1 heterocycles. The van der Waals surface area contributed by atoms with Crippen LogP contribution in [0.3, 0.4) is 0 Å². The Morgan fingerprint density at radius 2 is 1.71 bits per heavy atom. The molecule has 2 amide bonds. The summed E-state index contributed by atoms with van der Waals surface area (Å²) in [5.74, 6) is -0.987. The van der Waals surface area contributed by atoms with Gasteiger partial charge in [0.25, 0.3) is 5.91 Å². The van der Waals surface area contributed by atoms with Crippen LogP contribution in [0.25, 0.3) is 0 Å². The molecule has 5 heteroatoms. The molecule has 144 valence electrons. The Kier molecular flexibility index (Phi) is 6.37. The highest BCUT2D eigenvalue weighted by molar-refractivity contribution is 5.99. The Balaban J connectivity index is 1.73. The number of Topliss-reactive ketones (excluding diaryl/α,β-unsaturated/α-hetero) is 1. The summed E-state index contributed by atoms with van der Waals surface area (Å²) < 4.78 is 0. The summed E-state index contributed by atoms with van der Waals surface area (Å²) in [6.45, 7) is 3.77. The van der Waals surface area contributed by atoms with Crippen LogP contribution < -0.4 is 10.6 Å². The zero-order valence-corrected chi connectivity index (χ0v) is 15.7. The molecule has 0 spiro atoms.